The van der Waals surface area contributed by atoms with Crippen LogP contribution in [0.5, 0.6) is 0 Å². The van der Waals surface area contributed by atoms with E-state index >= 15 is 0 Å². The molecule has 0 unspecified atom stereocenters. The Morgan fingerprint density at radius 3 is 2.32 bits per heavy atom. The molecule has 0 saturated carbocycles. The van der Waals surface area contributed by atoms with Crippen molar-refractivity contribution in [2.24, 2.45) is 0 Å². The number of piperazine rings is 1. The number of benzene rings is 1. The molecule has 1 atom stereocenters. The third-order valence-electron chi connectivity index (χ3n) is 3.14. The number of rotatable bonds is 3. The number of nitrogens with one attached hydrogen (secondary N) is 1. The van der Waals surface area contributed by atoms with Gasteiger partial charge in [-0.3, -0.25) is 4.90 Å². The van der Waals surface area contributed by atoms with E-state index < -0.39 is 23.5 Å². The highest BCUT2D eigenvalue weighted by Gasteiger charge is 2.26. The Hall–Kier alpha value is -1.04. The molecule has 1 N–H and O–H groups in total. The van der Waals surface area contributed by atoms with E-state index in [4.69, 9.17) is 0 Å². The topological polar surface area (TPSA) is 15.3 Å². The van der Waals surface area contributed by atoms with Gasteiger partial charge < -0.3 is 5.32 Å². The van der Waals surface area contributed by atoms with Gasteiger partial charge in [0.05, 0.1) is 6.04 Å². The number of hydrogen-bond donors (Lipinski definition) is 1. The highest BCUT2D eigenvalue weighted by molar-refractivity contribution is 5.85. The molecule has 0 amide bonds. The van der Waals surface area contributed by atoms with Gasteiger partial charge in [0, 0.05) is 31.7 Å². The van der Waals surface area contributed by atoms with Crippen LogP contribution >= 0.6 is 12.4 Å². The summed E-state index contributed by atoms with van der Waals surface area (Å²) in [6.45, 7) is 6.37. The van der Waals surface area contributed by atoms with Crippen molar-refractivity contribution in [2.45, 2.75) is 6.04 Å². The fourth-order valence-electron chi connectivity index (χ4n) is 2.22. The first-order chi connectivity index (χ1) is 8.65. The molecule has 1 aliphatic heterocycles. The van der Waals surface area contributed by atoms with Crippen LogP contribution in [0.2, 0.25) is 0 Å². The van der Waals surface area contributed by atoms with Gasteiger partial charge in [0.15, 0.2) is 11.6 Å². The van der Waals surface area contributed by atoms with Gasteiger partial charge in [0.1, 0.15) is 5.82 Å². The van der Waals surface area contributed by atoms with Crippen molar-refractivity contribution in [1.29, 1.82) is 0 Å². The van der Waals surface area contributed by atoms with Crippen molar-refractivity contribution in [1.82, 2.24) is 10.2 Å². The van der Waals surface area contributed by atoms with Crippen LogP contribution in [0.3, 0.4) is 0 Å². The van der Waals surface area contributed by atoms with E-state index in [0.717, 1.165) is 25.2 Å². The normalized spacial score (nSPS) is 17.6. The molecule has 1 aromatic carbocycles. The second kappa shape index (κ2) is 6.93. The van der Waals surface area contributed by atoms with Crippen molar-refractivity contribution >= 4 is 12.4 Å². The van der Waals surface area contributed by atoms with Gasteiger partial charge in [-0.05, 0) is 12.1 Å². The van der Waals surface area contributed by atoms with Crippen molar-refractivity contribution in [3.05, 3.63) is 47.8 Å². The molecule has 19 heavy (non-hydrogen) atoms. The Balaban J connectivity index is 0.00000180. The maximum absolute atomic E-state index is 13.7. The average Bonchev–Trinajstić information content (AvgIpc) is 2.40. The van der Waals surface area contributed by atoms with Crippen LogP contribution < -0.4 is 5.32 Å². The lowest BCUT2D eigenvalue weighted by molar-refractivity contribution is 0.196. The SMILES string of the molecule is C=C[C@H](c1c(F)ccc(F)c1F)N1CCNCC1.Cl. The third kappa shape index (κ3) is 3.29. The van der Waals surface area contributed by atoms with Crippen LogP contribution in [0.1, 0.15) is 11.6 Å². The lowest BCUT2D eigenvalue weighted by Gasteiger charge is -2.33. The highest BCUT2D eigenvalue weighted by Crippen LogP contribution is 2.28. The molecule has 0 aromatic heterocycles. The maximum Gasteiger partial charge on any atom is 0.166 e. The molecule has 1 aliphatic rings. The first-order valence-electron chi connectivity index (χ1n) is 5.86. The molecule has 0 spiro atoms. The zero-order valence-electron chi connectivity index (χ0n) is 10.3. The fraction of sp³-hybridized carbons (Fsp3) is 0.385. The van der Waals surface area contributed by atoms with Crippen LogP contribution in [0, 0.1) is 17.5 Å². The van der Waals surface area contributed by atoms with Crippen LogP contribution in [0.15, 0.2) is 24.8 Å². The van der Waals surface area contributed by atoms with Gasteiger partial charge in [0.25, 0.3) is 0 Å². The molecule has 0 radical (unpaired) electrons. The van der Waals surface area contributed by atoms with Crippen LogP contribution in [-0.2, 0) is 0 Å². The van der Waals surface area contributed by atoms with Gasteiger partial charge in [-0.2, -0.15) is 0 Å². The van der Waals surface area contributed by atoms with Gasteiger partial charge in [-0.25, -0.2) is 13.2 Å². The summed E-state index contributed by atoms with van der Waals surface area (Å²) in [5, 5.41) is 3.15. The van der Waals surface area contributed by atoms with Crippen molar-refractivity contribution in [2.75, 3.05) is 26.2 Å². The minimum Gasteiger partial charge on any atom is -0.314 e. The van der Waals surface area contributed by atoms with Crippen LogP contribution in [0.4, 0.5) is 13.2 Å². The fourth-order valence-corrected chi connectivity index (χ4v) is 2.22. The number of hydrogen-bond acceptors (Lipinski definition) is 2. The van der Waals surface area contributed by atoms with Gasteiger partial charge >= 0.3 is 0 Å². The van der Waals surface area contributed by atoms with Gasteiger partial charge in [-0.15, -0.1) is 19.0 Å². The van der Waals surface area contributed by atoms with E-state index in [1.165, 1.54) is 6.08 Å². The van der Waals surface area contributed by atoms with E-state index in [0.29, 0.717) is 13.1 Å². The van der Waals surface area contributed by atoms with Crippen molar-refractivity contribution in [3.8, 4) is 0 Å². The maximum atomic E-state index is 13.7. The van der Waals surface area contributed by atoms with Gasteiger partial charge in [0.2, 0.25) is 0 Å². The Morgan fingerprint density at radius 2 is 1.74 bits per heavy atom. The Kier molecular flexibility index (Phi) is 5.85. The summed E-state index contributed by atoms with van der Waals surface area (Å²) >= 11 is 0. The molecule has 1 saturated heterocycles. The molecule has 2 rings (SSSR count). The van der Waals surface area contributed by atoms with Gasteiger partial charge in [-0.1, -0.05) is 6.08 Å². The monoisotopic (exact) mass is 292 g/mol. The molecule has 1 heterocycles. The molecular weight excluding hydrogens is 277 g/mol. The standard InChI is InChI=1S/C13H15F3N2.ClH/c1-2-11(18-7-5-17-6-8-18)12-9(14)3-4-10(15)13(12)16;/h2-4,11,17H,1,5-8H2;1H/t11-;/m1./s1. The summed E-state index contributed by atoms with van der Waals surface area (Å²) in [5.41, 5.74) is -0.257. The van der Waals surface area contributed by atoms with Crippen LogP contribution in [0.25, 0.3) is 0 Å². The smallest absolute Gasteiger partial charge is 0.166 e. The van der Waals surface area contributed by atoms with E-state index in [-0.39, 0.29) is 18.0 Å². The molecule has 6 heteroatoms. The molecule has 0 bridgehead atoms. The minimum absolute atomic E-state index is 0. The predicted molar refractivity (Wildman–Crippen MR) is 70.9 cm³/mol. The zero-order valence-corrected chi connectivity index (χ0v) is 11.2. The Bertz CT molecular complexity index is 448. The second-order valence-electron chi connectivity index (χ2n) is 4.22. The lowest BCUT2D eigenvalue weighted by Crippen LogP contribution is -2.45. The molecule has 1 fully saturated rings. The number of halogens is 4. The van der Waals surface area contributed by atoms with E-state index in [9.17, 15) is 13.2 Å². The minimum atomic E-state index is -1.13. The summed E-state index contributed by atoms with van der Waals surface area (Å²) < 4.78 is 40.7. The molecule has 2 nitrogen and oxygen atoms in total. The Labute approximate surface area is 116 Å². The zero-order chi connectivity index (χ0) is 13.1. The van der Waals surface area contributed by atoms with E-state index in [1.807, 2.05) is 4.90 Å². The summed E-state index contributed by atoms with van der Waals surface area (Å²) in [6.07, 6.45) is 1.45. The van der Waals surface area contributed by atoms with Crippen molar-refractivity contribution in [3.63, 3.8) is 0 Å². The lowest BCUT2D eigenvalue weighted by atomic mass is 10.0. The van der Waals surface area contributed by atoms with Crippen LogP contribution in [-0.4, -0.2) is 31.1 Å². The van der Waals surface area contributed by atoms with Crippen molar-refractivity contribution < 1.29 is 13.2 Å². The summed E-state index contributed by atoms with van der Waals surface area (Å²) in [7, 11) is 0. The molecule has 1 aromatic rings. The quantitative estimate of drug-likeness (QED) is 0.681. The number of nitrogens with zero attached hydrogens (tertiary/aromatic N) is 1. The first kappa shape index (κ1) is 16.0. The summed E-state index contributed by atoms with van der Waals surface area (Å²) in [6, 6.07) is 1.11. The van der Waals surface area contributed by atoms with E-state index in [2.05, 4.69) is 11.9 Å². The molecule has 0 aliphatic carbocycles. The van der Waals surface area contributed by atoms with E-state index in [1.54, 1.807) is 0 Å². The second-order valence-corrected chi connectivity index (χ2v) is 4.22. The largest absolute Gasteiger partial charge is 0.314 e. The Morgan fingerprint density at radius 1 is 1.16 bits per heavy atom. The summed E-state index contributed by atoms with van der Waals surface area (Å²) in [5.74, 6) is -2.90. The summed E-state index contributed by atoms with van der Waals surface area (Å²) in [4.78, 5) is 1.88. The third-order valence-corrected chi connectivity index (χ3v) is 3.14. The molecular formula is C13H16ClF3N2. The molecule has 106 valence electrons. The highest BCUT2D eigenvalue weighted by atomic mass is 35.5. The predicted octanol–water partition coefficient (Wildman–Crippen LogP) is 2.66. The first-order valence-corrected chi connectivity index (χ1v) is 5.86. The average molecular weight is 293 g/mol.